The van der Waals surface area contributed by atoms with Gasteiger partial charge in [0.05, 0.1) is 11.7 Å². The van der Waals surface area contributed by atoms with Gasteiger partial charge in [-0.3, -0.25) is 9.59 Å². The molecule has 1 saturated carbocycles. The van der Waals surface area contributed by atoms with E-state index in [0.29, 0.717) is 24.5 Å². The van der Waals surface area contributed by atoms with E-state index in [1.54, 1.807) is 19.1 Å². The summed E-state index contributed by atoms with van der Waals surface area (Å²) in [6.07, 6.45) is 3.99. The molecule has 0 saturated heterocycles. The van der Waals surface area contributed by atoms with Crippen LogP contribution >= 0.6 is 0 Å². The van der Waals surface area contributed by atoms with E-state index in [1.807, 2.05) is 0 Å². The summed E-state index contributed by atoms with van der Waals surface area (Å²) in [7, 11) is 0. The van der Waals surface area contributed by atoms with Crippen LogP contribution in [0.25, 0.3) is 0 Å². The summed E-state index contributed by atoms with van der Waals surface area (Å²) in [6, 6.07) is 7.15. The lowest BCUT2D eigenvalue weighted by Crippen LogP contribution is -2.30. The van der Waals surface area contributed by atoms with Crippen molar-refractivity contribution in [1.29, 1.82) is 0 Å². The summed E-state index contributed by atoms with van der Waals surface area (Å²) in [5.41, 5.74) is 1.25. The highest BCUT2D eigenvalue weighted by molar-refractivity contribution is 5.76. The van der Waals surface area contributed by atoms with Crippen LogP contribution < -0.4 is 10.9 Å². The van der Waals surface area contributed by atoms with E-state index in [2.05, 4.69) is 15.3 Å². The maximum absolute atomic E-state index is 13.2. The van der Waals surface area contributed by atoms with E-state index in [4.69, 9.17) is 0 Å². The van der Waals surface area contributed by atoms with Crippen LogP contribution in [0.5, 0.6) is 0 Å². The van der Waals surface area contributed by atoms with E-state index in [9.17, 15) is 14.0 Å². The second-order valence-electron chi connectivity index (χ2n) is 6.48. The monoisotopic (exact) mass is 343 g/mol. The quantitative estimate of drug-likeness (QED) is 0.847. The Morgan fingerprint density at radius 2 is 2.08 bits per heavy atom. The van der Waals surface area contributed by atoms with Crippen molar-refractivity contribution in [2.45, 2.75) is 51.0 Å². The normalized spacial score (nSPS) is 15.4. The number of hydrogen-bond acceptors (Lipinski definition) is 3. The first-order valence-electron chi connectivity index (χ1n) is 8.70. The fourth-order valence-electron chi connectivity index (χ4n) is 2.96. The fourth-order valence-corrected chi connectivity index (χ4v) is 2.96. The Labute approximate surface area is 145 Å². The first kappa shape index (κ1) is 17.3. The highest BCUT2D eigenvalue weighted by atomic mass is 19.1. The number of hydrogen-bond donors (Lipinski definition) is 2. The van der Waals surface area contributed by atoms with Gasteiger partial charge in [-0.25, -0.2) is 9.37 Å². The van der Waals surface area contributed by atoms with Crippen LogP contribution in [0.3, 0.4) is 0 Å². The van der Waals surface area contributed by atoms with Gasteiger partial charge in [-0.05, 0) is 30.5 Å². The molecule has 0 radical (unpaired) electrons. The van der Waals surface area contributed by atoms with Crippen molar-refractivity contribution in [3.63, 3.8) is 0 Å². The number of nitrogens with one attached hydrogen (secondary N) is 2. The summed E-state index contributed by atoms with van der Waals surface area (Å²) < 4.78 is 13.2. The van der Waals surface area contributed by atoms with Crippen LogP contribution in [0.4, 0.5) is 4.39 Å². The van der Waals surface area contributed by atoms with E-state index >= 15 is 0 Å². The van der Waals surface area contributed by atoms with Gasteiger partial charge in [0.25, 0.3) is 5.56 Å². The molecule has 1 aliphatic rings. The maximum Gasteiger partial charge on any atom is 0.251 e. The Morgan fingerprint density at radius 3 is 2.68 bits per heavy atom. The molecule has 0 spiro atoms. The third-order valence-corrected chi connectivity index (χ3v) is 4.65. The van der Waals surface area contributed by atoms with Gasteiger partial charge in [0.2, 0.25) is 5.91 Å². The molecule has 1 amide bonds. The van der Waals surface area contributed by atoms with Gasteiger partial charge in [-0.2, -0.15) is 0 Å². The molecule has 1 unspecified atom stereocenters. The number of halogens is 1. The molecule has 1 fully saturated rings. The SMILES string of the molecule is CCC(=O)NC(Cc1cc(=O)[nH]c(C2CCC2)n1)c1ccc(F)cc1. The number of carbonyl (C=O) groups excluding carboxylic acids is 1. The molecular formula is C19H22FN3O2. The number of carbonyl (C=O) groups is 1. The minimum Gasteiger partial charge on any atom is -0.349 e. The Balaban J connectivity index is 1.86. The van der Waals surface area contributed by atoms with Crippen LogP contribution in [-0.2, 0) is 11.2 Å². The molecule has 0 bridgehead atoms. The van der Waals surface area contributed by atoms with Crippen LogP contribution in [0.2, 0.25) is 0 Å². The van der Waals surface area contributed by atoms with E-state index in [0.717, 1.165) is 30.7 Å². The second kappa shape index (κ2) is 7.59. The van der Waals surface area contributed by atoms with Gasteiger partial charge in [-0.15, -0.1) is 0 Å². The van der Waals surface area contributed by atoms with Crippen molar-refractivity contribution in [2.24, 2.45) is 0 Å². The van der Waals surface area contributed by atoms with Crippen molar-refractivity contribution < 1.29 is 9.18 Å². The third kappa shape index (κ3) is 4.32. The van der Waals surface area contributed by atoms with Crippen LogP contribution in [-0.4, -0.2) is 15.9 Å². The molecule has 0 aliphatic heterocycles. The van der Waals surface area contributed by atoms with Gasteiger partial charge in [0, 0.05) is 24.8 Å². The minimum absolute atomic E-state index is 0.0987. The number of nitrogens with zero attached hydrogens (tertiary/aromatic N) is 1. The molecular weight excluding hydrogens is 321 g/mol. The molecule has 25 heavy (non-hydrogen) atoms. The Bertz CT molecular complexity index is 797. The van der Waals surface area contributed by atoms with Crippen molar-refractivity contribution in [3.05, 3.63) is 63.6 Å². The lowest BCUT2D eigenvalue weighted by Gasteiger charge is -2.25. The maximum atomic E-state index is 13.2. The molecule has 2 aromatic rings. The van der Waals surface area contributed by atoms with Gasteiger partial charge in [0.15, 0.2) is 0 Å². The molecule has 1 aromatic carbocycles. The van der Waals surface area contributed by atoms with Crippen molar-refractivity contribution in [2.75, 3.05) is 0 Å². The van der Waals surface area contributed by atoms with Gasteiger partial charge in [0.1, 0.15) is 11.6 Å². The molecule has 1 heterocycles. The second-order valence-corrected chi connectivity index (χ2v) is 6.48. The zero-order chi connectivity index (χ0) is 17.8. The smallest absolute Gasteiger partial charge is 0.251 e. The first-order chi connectivity index (χ1) is 12.0. The molecule has 132 valence electrons. The highest BCUT2D eigenvalue weighted by Gasteiger charge is 2.23. The van der Waals surface area contributed by atoms with Crippen molar-refractivity contribution in [1.82, 2.24) is 15.3 Å². The van der Waals surface area contributed by atoms with Gasteiger partial charge < -0.3 is 10.3 Å². The average molecular weight is 343 g/mol. The summed E-state index contributed by atoms with van der Waals surface area (Å²) in [5.74, 6) is 0.625. The third-order valence-electron chi connectivity index (χ3n) is 4.65. The number of amides is 1. The number of rotatable bonds is 6. The molecule has 1 aliphatic carbocycles. The Kier molecular flexibility index (Phi) is 5.26. The average Bonchev–Trinajstić information content (AvgIpc) is 2.52. The van der Waals surface area contributed by atoms with Gasteiger partial charge in [-0.1, -0.05) is 25.5 Å². The summed E-state index contributed by atoms with van der Waals surface area (Å²) in [5, 5.41) is 2.93. The zero-order valence-corrected chi connectivity index (χ0v) is 14.2. The number of aromatic nitrogens is 2. The van der Waals surface area contributed by atoms with E-state index in [1.165, 1.54) is 18.2 Å². The van der Waals surface area contributed by atoms with Crippen LogP contribution in [0.15, 0.2) is 35.1 Å². The molecule has 1 atom stereocenters. The summed E-state index contributed by atoms with van der Waals surface area (Å²) in [4.78, 5) is 31.2. The lowest BCUT2D eigenvalue weighted by molar-refractivity contribution is -0.121. The molecule has 1 aromatic heterocycles. The van der Waals surface area contributed by atoms with Crippen molar-refractivity contribution >= 4 is 5.91 Å². The topological polar surface area (TPSA) is 74.8 Å². The number of benzene rings is 1. The first-order valence-corrected chi connectivity index (χ1v) is 8.70. The van der Waals surface area contributed by atoms with Gasteiger partial charge >= 0.3 is 0 Å². The Hall–Kier alpha value is -2.50. The zero-order valence-electron chi connectivity index (χ0n) is 14.2. The molecule has 2 N–H and O–H groups in total. The fraction of sp³-hybridized carbons (Fsp3) is 0.421. The molecule has 6 heteroatoms. The predicted octanol–water partition coefficient (Wildman–Crippen LogP) is 2.99. The summed E-state index contributed by atoms with van der Waals surface area (Å²) >= 11 is 0. The predicted molar refractivity (Wildman–Crippen MR) is 92.7 cm³/mol. The molecule has 5 nitrogen and oxygen atoms in total. The number of aromatic amines is 1. The van der Waals surface area contributed by atoms with Crippen LogP contribution in [0, 0.1) is 5.82 Å². The molecule has 3 rings (SSSR count). The minimum atomic E-state index is -0.350. The van der Waals surface area contributed by atoms with Crippen molar-refractivity contribution in [3.8, 4) is 0 Å². The lowest BCUT2D eigenvalue weighted by atomic mass is 9.85. The summed E-state index contributed by atoms with van der Waals surface area (Å²) in [6.45, 7) is 1.78. The van der Waals surface area contributed by atoms with Crippen LogP contribution in [0.1, 0.15) is 61.6 Å². The largest absolute Gasteiger partial charge is 0.349 e. The van der Waals surface area contributed by atoms with E-state index < -0.39 is 0 Å². The number of H-pyrrole nitrogens is 1. The standard InChI is InChI=1S/C19H22FN3O2/c1-2-17(24)22-16(12-6-8-14(20)9-7-12)10-15-11-18(25)23-19(21-15)13-4-3-5-13/h6-9,11,13,16H,2-5,10H2,1H3,(H,22,24)(H,21,23,25). The Morgan fingerprint density at radius 1 is 1.36 bits per heavy atom. The van der Waals surface area contributed by atoms with E-state index in [-0.39, 0.29) is 23.3 Å². The highest BCUT2D eigenvalue weighted by Crippen LogP contribution is 2.34.